The number of hydrogen-bond donors (Lipinski definition) is 0. The van der Waals surface area contributed by atoms with E-state index in [4.69, 9.17) is 9.40 Å². The van der Waals surface area contributed by atoms with Gasteiger partial charge in [-0.2, -0.15) is 0 Å². The lowest BCUT2D eigenvalue weighted by Crippen LogP contribution is -2.01. The SMILES string of the molecule is O=C(c1ccccc1)c1oc(-c2cccc3ccccc23)nc1-c1ccccc1. The van der Waals surface area contributed by atoms with Crippen LogP contribution in [0.15, 0.2) is 108 Å². The van der Waals surface area contributed by atoms with E-state index in [1.54, 1.807) is 12.1 Å². The maximum absolute atomic E-state index is 13.2. The molecule has 5 aromatic rings. The van der Waals surface area contributed by atoms with Gasteiger partial charge in [0.2, 0.25) is 17.4 Å². The van der Waals surface area contributed by atoms with Gasteiger partial charge in [-0.3, -0.25) is 4.79 Å². The molecule has 3 nitrogen and oxygen atoms in total. The number of carbonyl (C=O) groups excluding carboxylic acids is 1. The monoisotopic (exact) mass is 375 g/mol. The second-order valence-electron chi connectivity index (χ2n) is 6.78. The number of ketones is 1. The Morgan fingerprint density at radius 2 is 1.34 bits per heavy atom. The van der Waals surface area contributed by atoms with Crippen LogP contribution in [0.5, 0.6) is 0 Å². The fourth-order valence-corrected chi connectivity index (χ4v) is 3.51. The summed E-state index contributed by atoms with van der Waals surface area (Å²) in [4.78, 5) is 18.0. The average Bonchev–Trinajstić information content (AvgIpc) is 3.24. The second kappa shape index (κ2) is 7.21. The Hall–Kier alpha value is -3.98. The standard InChI is InChI=1S/C26H17NO2/c28-24(20-13-5-2-6-14-20)25-23(19-11-3-1-4-12-19)27-26(29-25)22-17-9-15-18-10-7-8-16-21(18)22/h1-17H. The van der Waals surface area contributed by atoms with Crippen LogP contribution in [0.2, 0.25) is 0 Å². The van der Waals surface area contributed by atoms with E-state index in [2.05, 4.69) is 12.1 Å². The van der Waals surface area contributed by atoms with E-state index in [-0.39, 0.29) is 11.5 Å². The zero-order chi connectivity index (χ0) is 19.6. The van der Waals surface area contributed by atoms with Gasteiger partial charge in [0, 0.05) is 16.7 Å². The van der Waals surface area contributed by atoms with Crippen molar-refractivity contribution in [2.45, 2.75) is 0 Å². The van der Waals surface area contributed by atoms with Crippen molar-refractivity contribution in [1.82, 2.24) is 4.98 Å². The van der Waals surface area contributed by atoms with Crippen LogP contribution in [0.1, 0.15) is 16.1 Å². The Labute approximate surface area is 168 Å². The molecule has 0 N–H and O–H groups in total. The summed E-state index contributed by atoms with van der Waals surface area (Å²) in [5, 5.41) is 2.13. The Kier molecular flexibility index (Phi) is 4.26. The van der Waals surface area contributed by atoms with Crippen molar-refractivity contribution in [2.75, 3.05) is 0 Å². The second-order valence-corrected chi connectivity index (χ2v) is 6.78. The molecule has 138 valence electrons. The van der Waals surface area contributed by atoms with Crippen molar-refractivity contribution in [3.63, 3.8) is 0 Å². The molecule has 0 atom stereocenters. The van der Waals surface area contributed by atoms with Crippen LogP contribution in [-0.4, -0.2) is 10.8 Å². The largest absolute Gasteiger partial charge is 0.432 e. The number of aromatic nitrogens is 1. The molecule has 0 saturated carbocycles. The lowest BCUT2D eigenvalue weighted by molar-refractivity contribution is 0.101. The van der Waals surface area contributed by atoms with Gasteiger partial charge in [-0.15, -0.1) is 0 Å². The van der Waals surface area contributed by atoms with Gasteiger partial charge in [0.05, 0.1) is 0 Å². The summed E-state index contributed by atoms with van der Waals surface area (Å²) in [5.74, 6) is 0.522. The first-order valence-electron chi connectivity index (χ1n) is 9.45. The number of benzene rings is 4. The van der Waals surface area contributed by atoms with E-state index in [1.807, 2.05) is 78.9 Å². The smallest absolute Gasteiger partial charge is 0.230 e. The Bertz CT molecular complexity index is 1300. The maximum atomic E-state index is 13.2. The Morgan fingerprint density at radius 1 is 0.690 bits per heavy atom. The molecule has 0 radical (unpaired) electrons. The summed E-state index contributed by atoms with van der Waals surface area (Å²) >= 11 is 0. The number of hydrogen-bond acceptors (Lipinski definition) is 3. The lowest BCUT2D eigenvalue weighted by atomic mass is 10.0. The quantitative estimate of drug-likeness (QED) is 0.342. The molecule has 0 aliphatic heterocycles. The third kappa shape index (κ3) is 3.13. The number of fused-ring (bicyclic) bond motifs is 1. The molecule has 5 rings (SSSR count). The van der Waals surface area contributed by atoms with Gasteiger partial charge >= 0.3 is 0 Å². The van der Waals surface area contributed by atoms with E-state index in [0.29, 0.717) is 17.1 Å². The van der Waals surface area contributed by atoms with Crippen LogP contribution in [0.25, 0.3) is 33.5 Å². The minimum absolute atomic E-state index is 0.177. The van der Waals surface area contributed by atoms with Gasteiger partial charge < -0.3 is 4.42 Å². The minimum Gasteiger partial charge on any atom is -0.432 e. The van der Waals surface area contributed by atoms with Crippen molar-refractivity contribution in [1.29, 1.82) is 0 Å². The highest BCUT2D eigenvalue weighted by molar-refractivity contribution is 6.10. The van der Waals surface area contributed by atoms with Crippen molar-refractivity contribution < 1.29 is 9.21 Å². The van der Waals surface area contributed by atoms with Crippen molar-refractivity contribution in [3.8, 4) is 22.7 Å². The topological polar surface area (TPSA) is 43.1 Å². The van der Waals surface area contributed by atoms with E-state index in [0.717, 1.165) is 21.9 Å². The molecule has 0 bridgehead atoms. The van der Waals surface area contributed by atoms with Gasteiger partial charge in [0.1, 0.15) is 5.69 Å². The third-order valence-electron chi connectivity index (χ3n) is 4.94. The predicted molar refractivity (Wildman–Crippen MR) is 115 cm³/mol. The van der Waals surface area contributed by atoms with Crippen molar-refractivity contribution in [2.24, 2.45) is 0 Å². The molecule has 0 spiro atoms. The van der Waals surface area contributed by atoms with Crippen molar-refractivity contribution >= 4 is 16.6 Å². The Balaban J connectivity index is 1.72. The Morgan fingerprint density at radius 3 is 2.14 bits per heavy atom. The zero-order valence-electron chi connectivity index (χ0n) is 15.6. The van der Waals surface area contributed by atoms with Crippen LogP contribution in [-0.2, 0) is 0 Å². The highest BCUT2D eigenvalue weighted by Crippen LogP contribution is 2.34. The fourth-order valence-electron chi connectivity index (χ4n) is 3.51. The van der Waals surface area contributed by atoms with E-state index >= 15 is 0 Å². The highest BCUT2D eigenvalue weighted by Gasteiger charge is 2.24. The maximum Gasteiger partial charge on any atom is 0.230 e. The molecule has 0 unspecified atom stereocenters. The predicted octanol–water partition coefficient (Wildman–Crippen LogP) is 6.39. The van der Waals surface area contributed by atoms with E-state index < -0.39 is 0 Å². The summed E-state index contributed by atoms with van der Waals surface area (Å²) in [6, 6.07) is 32.9. The molecule has 0 amide bonds. The molecule has 0 saturated heterocycles. The summed E-state index contributed by atoms with van der Waals surface area (Å²) in [7, 11) is 0. The first-order valence-corrected chi connectivity index (χ1v) is 9.45. The van der Waals surface area contributed by atoms with E-state index in [1.165, 1.54) is 0 Å². The molecule has 3 heteroatoms. The molecule has 29 heavy (non-hydrogen) atoms. The molecule has 0 aliphatic carbocycles. The average molecular weight is 375 g/mol. The summed E-state index contributed by atoms with van der Waals surface area (Å²) in [6.45, 7) is 0. The molecule has 4 aromatic carbocycles. The lowest BCUT2D eigenvalue weighted by Gasteiger charge is -2.02. The highest BCUT2D eigenvalue weighted by atomic mass is 16.4. The molecular formula is C26H17NO2. The molecule has 1 aromatic heterocycles. The molecule has 0 fully saturated rings. The molecule has 0 aliphatic rings. The van der Waals surface area contributed by atoms with Crippen LogP contribution < -0.4 is 0 Å². The van der Waals surface area contributed by atoms with Gasteiger partial charge in [-0.25, -0.2) is 4.98 Å². The molecule has 1 heterocycles. The van der Waals surface area contributed by atoms with Crippen LogP contribution in [0.4, 0.5) is 0 Å². The van der Waals surface area contributed by atoms with Gasteiger partial charge in [0.25, 0.3) is 0 Å². The minimum atomic E-state index is -0.177. The first-order chi connectivity index (χ1) is 14.3. The van der Waals surface area contributed by atoms with Crippen LogP contribution in [0, 0.1) is 0 Å². The summed E-state index contributed by atoms with van der Waals surface area (Å²) < 4.78 is 6.12. The fraction of sp³-hybridized carbons (Fsp3) is 0. The summed E-state index contributed by atoms with van der Waals surface area (Å²) in [6.07, 6.45) is 0. The first kappa shape index (κ1) is 17.1. The number of oxazole rings is 1. The van der Waals surface area contributed by atoms with Gasteiger partial charge in [0.15, 0.2) is 0 Å². The van der Waals surface area contributed by atoms with Gasteiger partial charge in [-0.05, 0) is 16.8 Å². The van der Waals surface area contributed by atoms with Crippen molar-refractivity contribution in [3.05, 3.63) is 114 Å². The van der Waals surface area contributed by atoms with E-state index in [9.17, 15) is 4.79 Å². The van der Waals surface area contributed by atoms with Crippen LogP contribution in [0.3, 0.4) is 0 Å². The number of carbonyl (C=O) groups is 1. The number of nitrogens with zero attached hydrogens (tertiary/aromatic N) is 1. The zero-order valence-corrected chi connectivity index (χ0v) is 15.6. The normalized spacial score (nSPS) is 10.9. The summed E-state index contributed by atoms with van der Waals surface area (Å²) in [5.41, 5.74) is 2.85. The third-order valence-corrected chi connectivity index (χ3v) is 4.94. The van der Waals surface area contributed by atoms with Crippen LogP contribution >= 0.6 is 0 Å². The number of rotatable bonds is 4. The van der Waals surface area contributed by atoms with Gasteiger partial charge in [-0.1, -0.05) is 97.1 Å². The molecular weight excluding hydrogens is 358 g/mol.